The van der Waals surface area contributed by atoms with Gasteiger partial charge in [0.2, 0.25) is 0 Å². The third-order valence-corrected chi connectivity index (χ3v) is 2.59. The van der Waals surface area contributed by atoms with E-state index in [2.05, 4.69) is 5.32 Å². The number of carbonyl (C=O) groups is 2. The predicted molar refractivity (Wildman–Crippen MR) is 61.4 cm³/mol. The zero-order valence-corrected chi connectivity index (χ0v) is 9.12. The minimum atomic E-state index is -0.278. The molecule has 2 rings (SSSR count). The Balaban J connectivity index is 2.50. The van der Waals surface area contributed by atoms with Gasteiger partial charge in [0, 0.05) is 5.57 Å². The van der Waals surface area contributed by atoms with Gasteiger partial charge in [-0.1, -0.05) is 43.7 Å². The first-order valence-electron chi connectivity index (χ1n) is 5.38. The molecule has 0 bridgehead atoms. The maximum atomic E-state index is 11.7. The van der Waals surface area contributed by atoms with Crippen LogP contribution in [0.2, 0.25) is 0 Å². The maximum absolute atomic E-state index is 11.7. The van der Waals surface area contributed by atoms with Crippen LogP contribution in [-0.4, -0.2) is 11.8 Å². The van der Waals surface area contributed by atoms with Crippen molar-refractivity contribution in [3.05, 3.63) is 41.5 Å². The zero-order chi connectivity index (χ0) is 11.5. The standard InChI is InChI=1S/C13H13NO2/c1-2-6-10-11(13(16)14-12(10)15)9-7-4-3-5-8-9/h3-5,7-8H,2,6H2,1H3,(H,14,15,16). The van der Waals surface area contributed by atoms with Crippen molar-refractivity contribution in [2.75, 3.05) is 0 Å². The summed E-state index contributed by atoms with van der Waals surface area (Å²) in [4.78, 5) is 23.2. The van der Waals surface area contributed by atoms with Gasteiger partial charge >= 0.3 is 0 Å². The highest BCUT2D eigenvalue weighted by Gasteiger charge is 2.29. The Labute approximate surface area is 94.2 Å². The lowest BCUT2D eigenvalue weighted by Gasteiger charge is -2.02. The van der Waals surface area contributed by atoms with Crippen LogP contribution in [0.4, 0.5) is 0 Å². The third kappa shape index (κ3) is 1.76. The van der Waals surface area contributed by atoms with E-state index in [4.69, 9.17) is 0 Å². The Bertz CT molecular complexity index is 460. The normalized spacial score (nSPS) is 15.6. The topological polar surface area (TPSA) is 46.2 Å². The smallest absolute Gasteiger partial charge is 0.259 e. The van der Waals surface area contributed by atoms with E-state index < -0.39 is 0 Å². The van der Waals surface area contributed by atoms with E-state index in [-0.39, 0.29) is 11.8 Å². The van der Waals surface area contributed by atoms with Gasteiger partial charge in [-0.25, -0.2) is 0 Å². The number of nitrogens with one attached hydrogen (secondary N) is 1. The van der Waals surface area contributed by atoms with Crippen molar-refractivity contribution in [3.63, 3.8) is 0 Å². The van der Waals surface area contributed by atoms with Crippen LogP contribution in [0.25, 0.3) is 5.57 Å². The molecule has 0 saturated heterocycles. The van der Waals surface area contributed by atoms with Crippen LogP contribution in [0.3, 0.4) is 0 Å². The molecule has 1 aliphatic rings. The lowest BCUT2D eigenvalue weighted by atomic mass is 9.99. The molecular weight excluding hydrogens is 202 g/mol. The van der Waals surface area contributed by atoms with Crippen molar-refractivity contribution >= 4 is 17.4 Å². The molecule has 2 amide bonds. The number of imide groups is 1. The molecule has 1 aliphatic heterocycles. The second-order valence-corrected chi connectivity index (χ2v) is 3.75. The highest BCUT2D eigenvalue weighted by molar-refractivity contribution is 6.35. The Morgan fingerprint density at radius 3 is 2.38 bits per heavy atom. The number of hydrogen-bond acceptors (Lipinski definition) is 2. The van der Waals surface area contributed by atoms with Crippen molar-refractivity contribution < 1.29 is 9.59 Å². The largest absolute Gasteiger partial charge is 0.288 e. The predicted octanol–water partition coefficient (Wildman–Crippen LogP) is 1.90. The number of amides is 2. The first kappa shape index (κ1) is 10.6. The molecule has 82 valence electrons. The van der Waals surface area contributed by atoms with Gasteiger partial charge in [0.25, 0.3) is 11.8 Å². The van der Waals surface area contributed by atoms with Crippen LogP contribution in [0.5, 0.6) is 0 Å². The molecule has 0 saturated carbocycles. The Kier molecular flexibility index (Phi) is 2.86. The fraction of sp³-hybridized carbons (Fsp3) is 0.231. The van der Waals surface area contributed by atoms with Crippen molar-refractivity contribution in [2.24, 2.45) is 0 Å². The minimum Gasteiger partial charge on any atom is -0.288 e. The fourth-order valence-corrected chi connectivity index (χ4v) is 1.89. The molecule has 3 heteroatoms. The lowest BCUT2D eigenvalue weighted by molar-refractivity contribution is -0.123. The van der Waals surface area contributed by atoms with Crippen LogP contribution in [0, 0.1) is 0 Å². The van der Waals surface area contributed by atoms with Crippen LogP contribution in [0.15, 0.2) is 35.9 Å². The summed E-state index contributed by atoms with van der Waals surface area (Å²) in [6.45, 7) is 1.99. The van der Waals surface area contributed by atoms with Crippen molar-refractivity contribution in [2.45, 2.75) is 19.8 Å². The number of benzene rings is 1. The number of rotatable bonds is 3. The van der Waals surface area contributed by atoms with Crippen LogP contribution in [0.1, 0.15) is 25.3 Å². The molecular formula is C13H13NO2. The van der Waals surface area contributed by atoms with Gasteiger partial charge in [-0.15, -0.1) is 0 Å². The van der Waals surface area contributed by atoms with E-state index in [0.29, 0.717) is 17.6 Å². The zero-order valence-electron chi connectivity index (χ0n) is 9.12. The molecule has 0 aromatic heterocycles. The van der Waals surface area contributed by atoms with Gasteiger partial charge in [0.1, 0.15) is 0 Å². The molecule has 16 heavy (non-hydrogen) atoms. The highest BCUT2D eigenvalue weighted by atomic mass is 16.2. The molecule has 1 aromatic carbocycles. The molecule has 1 aromatic rings. The first-order chi connectivity index (χ1) is 7.74. The van der Waals surface area contributed by atoms with Crippen molar-refractivity contribution in [3.8, 4) is 0 Å². The quantitative estimate of drug-likeness (QED) is 0.783. The maximum Gasteiger partial charge on any atom is 0.259 e. The molecule has 3 nitrogen and oxygen atoms in total. The molecule has 0 fully saturated rings. The van der Waals surface area contributed by atoms with E-state index in [1.807, 2.05) is 37.3 Å². The average Bonchev–Trinajstić information content (AvgIpc) is 2.56. The summed E-state index contributed by atoms with van der Waals surface area (Å²) in [5.41, 5.74) is 1.96. The van der Waals surface area contributed by atoms with Gasteiger partial charge in [0.15, 0.2) is 0 Å². The monoisotopic (exact) mass is 215 g/mol. The number of hydrogen-bond donors (Lipinski definition) is 1. The Morgan fingerprint density at radius 1 is 1.06 bits per heavy atom. The molecule has 0 unspecified atom stereocenters. The molecule has 0 radical (unpaired) electrons. The SMILES string of the molecule is CCCC1=C(c2ccccc2)C(=O)NC1=O. The average molecular weight is 215 g/mol. The van der Waals surface area contributed by atoms with Crippen LogP contribution in [-0.2, 0) is 9.59 Å². The third-order valence-electron chi connectivity index (χ3n) is 2.59. The van der Waals surface area contributed by atoms with Gasteiger partial charge in [-0.05, 0) is 12.0 Å². The second-order valence-electron chi connectivity index (χ2n) is 3.75. The summed E-state index contributed by atoms with van der Waals surface area (Å²) in [5, 5.41) is 2.35. The lowest BCUT2D eigenvalue weighted by Crippen LogP contribution is -2.23. The number of carbonyl (C=O) groups excluding carboxylic acids is 2. The summed E-state index contributed by atoms with van der Waals surface area (Å²) >= 11 is 0. The molecule has 0 atom stereocenters. The van der Waals surface area contributed by atoms with Crippen LogP contribution < -0.4 is 5.32 Å². The second kappa shape index (κ2) is 4.31. The Morgan fingerprint density at radius 2 is 1.75 bits per heavy atom. The summed E-state index contributed by atoms with van der Waals surface area (Å²) < 4.78 is 0. The van der Waals surface area contributed by atoms with Gasteiger partial charge in [0.05, 0.1) is 5.57 Å². The Hall–Kier alpha value is -1.90. The van der Waals surface area contributed by atoms with Crippen molar-refractivity contribution in [1.29, 1.82) is 0 Å². The van der Waals surface area contributed by atoms with Gasteiger partial charge < -0.3 is 0 Å². The summed E-state index contributed by atoms with van der Waals surface area (Å²) in [6, 6.07) is 9.31. The minimum absolute atomic E-state index is 0.245. The van der Waals surface area contributed by atoms with Gasteiger partial charge in [-0.3, -0.25) is 14.9 Å². The summed E-state index contributed by atoms with van der Waals surface area (Å²) in [7, 11) is 0. The molecule has 1 N–H and O–H groups in total. The van der Waals surface area contributed by atoms with E-state index in [1.165, 1.54) is 0 Å². The molecule has 0 aliphatic carbocycles. The van der Waals surface area contributed by atoms with Crippen molar-refractivity contribution in [1.82, 2.24) is 5.32 Å². The summed E-state index contributed by atoms with van der Waals surface area (Å²) in [5.74, 6) is -0.523. The molecule has 1 heterocycles. The fourth-order valence-electron chi connectivity index (χ4n) is 1.89. The van der Waals surface area contributed by atoms with E-state index in [9.17, 15) is 9.59 Å². The first-order valence-corrected chi connectivity index (χ1v) is 5.38. The van der Waals surface area contributed by atoms with E-state index >= 15 is 0 Å². The van der Waals surface area contributed by atoms with E-state index in [1.54, 1.807) is 0 Å². The highest BCUT2D eigenvalue weighted by Crippen LogP contribution is 2.26. The van der Waals surface area contributed by atoms with E-state index in [0.717, 1.165) is 12.0 Å². The van der Waals surface area contributed by atoms with Crippen LogP contribution >= 0.6 is 0 Å². The van der Waals surface area contributed by atoms with Gasteiger partial charge in [-0.2, -0.15) is 0 Å². The molecule has 0 spiro atoms. The summed E-state index contributed by atoms with van der Waals surface area (Å²) in [6.07, 6.45) is 1.49.